The maximum absolute atomic E-state index is 14.1. The van der Waals surface area contributed by atoms with Crippen LogP contribution in [0.1, 0.15) is 29.5 Å². The zero-order valence-corrected chi connectivity index (χ0v) is 21.8. The summed E-state index contributed by atoms with van der Waals surface area (Å²) in [5.41, 5.74) is 3.32. The van der Waals surface area contributed by atoms with E-state index in [0.717, 1.165) is 27.8 Å². The Morgan fingerprint density at radius 1 is 0.950 bits per heavy atom. The van der Waals surface area contributed by atoms with Gasteiger partial charge in [-0.2, -0.15) is 5.10 Å². The van der Waals surface area contributed by atoms with Gasteiger partial charge in [0, 0.05) is 23.5 Å². The molecule has 1 aliphatic heterocycles. The van der Waals surface area contributed by atoms with Crippen LogP contribution in [0, 0.1) is 11.7 Å². The van der Waals surface area contributed by atoms with Crippen LogP contribution >= 0.6 is 0 Å². The second-order valence-electron chi connectivity index (χ2n) is 9.83. The molecular weight excluding hydrogens is 507 g/mol. The third-order valence-corrected chi connectivity index (χ3v) is 7.42. The Hall–Kier alpha value is -4.92. The monoisotopic (exact) mass is 534 g/mol. The summed E-state index contributed by atoms with van der Waals surface area (Å²) < 4.78 is 15.2. The van der Waals surface area contributed by atoms with E-state index in [1.54, 1.807) is 34.0 Å². The number of carbonyl (C=O) groups excluding carboxylic acids is 2. The fourth-order valence-corrected chi connectivity index (χ4v) is 5.55. The molecule has 1 fully saturated rings. The van der Waals surface area contributed by atoms with Gasteiger partial charge in [0.25, 0.3) is 5.91 Å². The third kappa shape index (κ3) is 4.70. The summed E-state index contributed by atoms with van der Waals surface area (Å²) in [5.74, 6) is -1.19. The number of hydrogen-bond donors (Lipinski definition) is 1. The van der Waals surface area contributed by atoms with Gasteiger partial charge >= 0.3 is 0 Å². The molecule has 5 aromatic rings. The Morgan fingerprint density at radius 2 is 1.68 bits per heavy atom. The highest BCUT2D eigenvalue weighted by atomic mass is 19.1. The quantitative estimate of drug-likeness (QED) is 0.326. The van der Waals surface area contributed by atoms with Crippen LogP contribution in [0.2, 0.25) is 0 Å². The molecule has 1 N–H and O–H groups in total. The molecule has 0 aliphatic carbocycles. The zero-order valence-electron chi connectivity index (χ0n) is 21.8. The Balaban J connectivity index is 1.36. The summed E-state index contributed by atoms with van der Waals surface area (Å²) in [7, 11) is 0. The van der Waals surface area contributed by atoms with Gasteiger partial charge in [0.1, 0.15) is 5.82 Å². The fraction of sp³-hybridized carbons (Fsp3) is 0.194. The van der Waals surface area contributed by atoms with Crippen molar-refractivity contribution in [3.63, 3.8) is 0 Å². The van der Waals surface area contributed by atoms with Gasteiger partial charge in [-0.1, -0.05) is 37.3 Å². The maximum atomic E-state index is 14.1. The molecule has 1 saturated heterocycles. The molecule has 1 aliphatic rings. The summed E-state index contributed by atoms with van der Waals surface area (Å²) in [6, 6.07) is 22.6. The van der Waals surface area contributed by atoms with E-state index in [2.05, 4.69) is 20.4 Å². The minimum Gasteiger partial charge on any atom is -0.344 e. The zero-order chi connectivity index (χ0) is 27.6. The number of fused-ring (bicyclic) bond motifs is 1. The largest absolute Gasteiger partial charge is 0.344 e. The first-order chi connectivity index (χ1) is 19.5. The third-order valence-electron chi connectivity index (χ3n) is 7.42. The Kier molecular flexibility index (Phi) is 6.77. The first-order valence-corrected chi connectivity index (χ1v) is 13.2. The van der Waals surface area contributed by atoms with Crippen molar-refractivity contribution in [1.29, 1.82) is 0 Å². The van der Waals surface area contributed by atoms with Crippen molar-refractivity contribution in [3.8, 4) is 5.69 Å². The van der Waals surface area contributed by atoms with Crippen LogP contribution in [0.3, 0.4) is 0 Å². The molecule has 40 heavy (non-hydrogen) atoms. The van der Waals surface area contributed by atoms with E-state index in [-0.39, 0.29) is 23.6 Å². The Labute approximate surface area is 230 Å². The number of amides is 2. The number of nitrogens with one attached hydrogen (secondary N) is 1. The normalized spacial score (nSPS) is 18.8. The van der Waals surface area contributed by atoms with E-state index < -0.39 is 17.9 Å². The molecule has 9 heteroatoms. The molecule has 2 aromatic heterocycles. The number of halogens is 1. The maximum Gasteiger partial charge on any atom is 0.289 e. The van der Waals surface area contributed by atoms with Gasteiger partial charge in [-0.25, -0.2) is 19.0 Å². The molecule has 0 radical (unpaired) electrons. The Morgan fingerprint density at radius 3 is 2.40 bits per heavy atom. The number of carbonyl (C=O) groups is 2. The molecule has 1 unspecified atom stereocenters. The average Bonchev–Trinajstić information content (AvgIpc) is 3.52. The van der Waals surface area contributed by atoms with Crippen molar-refractivity contribution in [2.24, 2.45) is 5.92 Å². The van der Waals surface area contributed by atoms with Gasteiger partial charge in [-0.3, -0.25) is 9.59 Å². The number of aromatic nitrogens is 4. The summed E-state index contributed by atoms with van der Waals surface area (Å²) in [6.07, 6.45) is 5.89. The van der Waals surface area contributed by atoms with Gasteiger partial charge in [0.2, 0.25) is 11.7 Å². The molecule has 0 spiro atoms. The van der Waals surface area contributed by atoms with E-state index in [1.165, 1.54) is 24.5 Å². The van der Waals surface area contributed by atoms with Crippen molar-refractivity contribution in [2.75, 3.05) is 4.90 Å². The number of nitrogens with zero attached hydrogens (tertiary/aromatic N) is 5. The fourth-order valence-electron chi connectivity index (χ4n) is 5.55. The average molecular weight is 535 g/mol. The lowest BCUT2D eigenvalue weighted by Gasteiger charge is -2.28. The van der Waals surface area contributed by atoms with Crippen LogP contribution in [-0.2, 0) is 11.2 Å². The smallest absolute Gasteiger partial charge is 0.289 e. The highest BCUT2D eigenvalue weighted by molar-refractivity contribution is 6.02. The number of rotatable bonds is 7. The molecule has 3 aromatic carbocycles. The summed E-state index contributed by atoms with van der Waals surface area (Å²) in [4.78, 5) is 37.2. The lowest BCUT2D eigenvalue weighted by Crippen LogP contribution is -2.47. The minimum absolute atomic E-state index is 0.0553. The predicted octanol–water partition coefficient (Wildman–Crippen LogP) is 4.74. The molecule has 3 atom stereocenters. The van der Waals surface area contributed by atoms with E-state index in [1.807, 2.05) is 55.5 Å². The van der Waals surface area contributed by atoms with Crippen molar-refractivity contribution < 1.29 is 14.0 Å². The van der Waals surface area contributed by atoms with Gasteiger partial charge in [0.05, 0.1) is 35.4 Å². The Bertz CT molecular complexity index is 1660. The van der Waals surface area contributed by atoms with Crippen LogP contribution in [0.15, 0.2) is 97.5 Å². The van der Waals surface area contributed by atoms with Crippen LogP contribution in [0.25, 0.3) is 16.6 Å². The topological polar surface area (TPSA) is 93.0 Å². The van der Waals surface area contributed by atoms with Gasteiger partial charge in [0.15, 0.2) is 0 Å². The number of hydrogen-bond acceptors (Lipinski definition) is 5. The van der Waals surface area contributed by atoms with Crippen molar-refractivity contribution in [3.05, 3.63) is 115 Å². The second kappa shape index (κ2) is 10.7. The number of anilines is 1. The second-order valence-corrected chi connectivity index (χ2v) is 9.83. The van der Waals surface area contributed by atoms with E-state index in [9.17, 15) is 14.0 Å². The molecule has 3 heterocycles. The molecule has 0 saturated carbocycles. The number of benzene rings is 3. The standard InChI is InChI=1S/C31H27FN6O2/c1-2-26-28(36-30(39)29-33-15-6-16-34-29)25(17-20-7-4-3-5-8-20)31(40)37(26)24-13-14-27-21(18-24)19-35-38(27)23-11-9-22(32)10-12-23/h3-16,18-19,25-26,28H,2,17H2,1H3,(H,36,39)/t25?,26-,28+/m1/s1. The lowest BCUT2D eigenvalue weighted by molar-refractivity contribution is -0.120. The molecule has 6 rings (SSSR count). The first-order valence-electron chi connectivity index (χ1n) is 13.2. The highest BCUT2D eigenvalue weighted by Gasteiger charge is 2.48. The SMILES string of the molecule is CC[C@@H]1[C@@H](NC(=O)c2ncccn2)C(Cc2ccccc2)C(=O)N1c1ccc2c(cnn2-c2ccc(F)cc2)c1. The molecule has 8 nitrogen and oxygen atoms in total. The van der Waals surface area contributed by atoms with Crippen LogP contribution in [0.5, 0.6) is 0 Å². The van der Waals surface area contributed by atoms with Crippen LogP contribution in [-0.4, -0.2) is 43.6 Å². The van der Waals surface area contributed by atoms with Gasteiger partial charge in [-0.05, 0) is 66.9 Å². The lowest BCUT2D eigenvalue weighted by atomic mass is 9.90. The van der Waals surface area contributed by atoms with Crippen LogP contribution in [0.4, 0.5) is 10.1 Å². The van der Waals surface area contributed by atoms with Crippen molar-refractivity contribution in [2.45, 2.75) is 31.8 Å². The van der Waals surface area contributed by atoms with Crippen LogP contribution < -0.4 is 10.2 Å². The summed E-state index contributed by atoms with van der Waals surface area (Å²) in [5, 5.41) is 8.43. The first kappa shape index (κ1) is 25.4. The molecule has 2 amide bonds. The highest BCUT2D eigenvalue weighted by Crippen LogP contribution is 2.36. The molecule has 0 bridgehead atoms. The molecule has 200 valence electrons. The van der Waals surface area contributed by atoms with E-state index in [4.69, 9.17) is 0 Å². The van der Waals surface area contributed by atoms with Gasteiger partial charge < -0.3 is 10.2 Å². The predicted molar refractivity (Wildman–Crippen MR) is 150 cm³/mol. The summed E-state index contributed by atoms with van der Waals surface area (Å²) in [6.45, 7) is 2.01. The minimum atomic E-state index is -0.474. The van der Waals surface area contributed by atoms with E-state index >= 15 is 0 Å². The van der Waals surface area contributed by atoms with Crippen molar-refractivity contribution >= 4 is 28.4 Å². The summed E-state index contributed by atoms with van der Waals surface area (Å²) >= 11 is 0. The van der Waals surface area contributed by atoms with E-state index in [0.29, 0.717) is 12.8 Å². The van der Waals surface area contributed by atoms with Gasteiger partial charge in [-0.15, -0.1) is 0 Å². The van der Waals surface area contributed by atoms with Crippen molar-refractivity contribution in [1.82, 2.24) is 25.1 Å². The molecular formula is C31H27FN6O2.